The van der Waals surface area contributed by atoms with E-state index in [0.29, 0.717) is 24.9 Å². The van der Waals surface area contributed by atoms with Crippen molar-refractivity contribution in [1.29, 1.82) is 0 Å². The Labute approximate surface area is 251 Å². The molecule has 2 atom stereocenters. The highest BCUT2D eigenvalue weighted by molar-refractivity contribution is 5.91. The van der Waals surface area contributed by atoms with Crippen LogP contribution >= 0.6 is 0 Å². The topological polar surface area (TPSA) is 51.1 Å². The summed E-state index contributed by atoms with van der Waals surface area (Å²) >= 11 is 0. The number of hydrogen-bond acceptors (Lipinski definition) is 3. The normalized spacial score (nSPS) is 14.2. The Morgan fingerprint density at radius 1 is 1.10 bits per heavy atom. The standard InChI is InChI=1S/C28H30FNO2.C7H9N.C2H6/c1-4-9-21(18-25(32)5-2)16-17-30-20(3)26(19-31)27(22-10-7-6-8-11-22)28(30)23-12-14-24(29)15-13-23;1-8-7-5-3-2-4-6-7;1-2/h4-8,10-12,14-15,19,21,23H,1-2,9,13,16-18H2,3H3;2-6,8H,1H3;1-2H3. The summed E-state index contributed by atoms with van der Waals surface area (Å²) in [6, 6.07) is 19.9. The molecular formula is C37H45FN2O2. The fourth-order valence-electron chi connectivity index (χ4n) is 5.13. The molecular weight excluding hydrogens is 523 g/mol. The van der Waals surface area contributed by atoms with Crippen molar-refractivity contribution >= 4 is 17.8 Å². The molecule has 0 amide bonds. The number of para-hydroxylation sites is 1. The van der Waals surface area contributed by atoms with Crippen LogP contribution in [0.15, 0.2) is 110 Å². The number of ketones is 1. The maximum Gasteiger partial charge on any atom is 0.155 e. The van der Waals surface area contributed by atoms with Crippen molar-refractivity contribution in [2.75, 3.05) is 12.4 Å². The highest BCUT2D eigenvalue weighted by Crippen LogP contribution is 2.40. The maximum atomic E-state index is 13.7. The molecule has 1 aliphatic rings. The molecule has 0 radical (unpaired) electrons. The van der Waals surface area contributed by atoms with Crippen LogP contribution in [-0.4, -0.2) is 23.7 Å². The summed E-state index contributed by atoms with van der Waals surface area (Å²) in [5.41, 5.74) is 5.61. The monoisotopic (exact) mass is 568 g/mol. The number of aldehydes is 1. The Morgan fingerprint density at radius 3 is 2.24 bits per heavy atom. The van der Waals surface area contributed by atoms with Gasteiger partial charge in [-0.2, -0.15) is 0 Å². The zero-order chi connectivity index (χ0) is 30.9. The van der Waals surface area contributed by atoms with E-state index < -0.39 is 0 Å². The second-order valence-electron chi connectivity index (χ2n) is 9.85. The number of carbonyl (C=O) groups is 2. The fraction of sp³-hybridized carbons (Fsp3) is 0.297. The molecule has 0 bridgehead atoms. The molecule has 4 rings (SSSR count). The molecule has 0 saturated heterocycles. The van der Waals surface area contributed by atoms with Crippen molar-refractivity contribution in [2.45, 2.75) is 58.9 Å². The van der Waals surface area contributed by atoms with Gasteiger partial charge in [0.15, 0.2) is 12.1 Å². The molecule has 2 unspecified atom stereocenters. The van der Waals surface area contributed by atoms with E-state index in [1.165, 1.54) is 12.2 Å². The summed E-state index contributed by atoms with van der Waals surface area (Å²) in [5.74, 6) is -0.103. The van der Waals surface area contributed by atoms with Gasteiger partial charge in [0.05, 0.1) is 0 Å². The number of allylic oxidation sites excluding steroid dienone is 6. The Balaban J connectivity index is 0.000000525. The van der Waals surface area contributed by atoms with Crippen molar-refractivity contribution in [3.63, 3.8) is 0 Å². The number of benzene rings is 2. The smallest absolute Gasteiger partial charge is 0.155 e. The van der Waals surface area contributed by atoms with E-state index in [1.807, 2.05) is 101 Å². The minimum absolute atomic E-state index is 0.0238. The number of nitrogens with zero attached hydrogens (tertiary/aromatic N) is 1. The Morgan fingerprint density at radius 2 is 1.74 bits per heavy atom. The first-order chi connectivity index (χ1) is 20.4. The third-order valence-corrected chi connectivity index (χ3v) is 7.24. The van der Waals surface area contributed by atoms with E-state index in [-0.39, 0.29) is 23.4 Å². The molecule has 2 aromatic carbocycles. The number of rotatable bonds is 12. The van der Waals surface area contributed by atoms with Crippen molar-refractivity contribution in [3.05, 3.63) is 127 Å². The summed E-state index contributed by atoms with van der Waals surface area (Å²) in [6.07, 6.45) is 11.6. The largest absolute Gasteiger partial charge is 0.388 e. The van der Waals surface area contributed by atoms with E-state index in [9.17, 15) is 14.0 Å². The summed E-state index contributed by atoms with van der Waals surface area (Å²) in [7, 11) is 1.91. The highest BCUT2D eigenvalue weighted by atomic mass is 19.1. The van der Waals surface area contributed by atoms with Crippen molar-refractivity contribution in [1.82, 2.24) is 4.57 Å². The van der Waals surface area contributed by atoms with Crippen LogP contribution in [0.2, 0.25) is 0 Å². The van der Waals surface area contributed by atoms with E-state index in [4.69, 9.17) is 0 Å². The molecule has 0 spiro atoms. The maximum absolute atomic E-state index is 13.7. The first kappa shape index (κ1) is 34.0. The molecule has 0 aliphatic heterocycles. The van der Waals surface area contributed by atoms with Crippen LogP contribution in [0, 0.1) is 12.8 Å². The van der Waals surface area contributed by atoms with Gasteiger partial charge in [0.1, 0.15) is 5.83 Å². The summed E-state index contributed by atoms with van der Waals surface area (Å²) < 4.78 is 15.9. The van der Waals surface area contributed by atoms with Gasteiger partial charge in [0.2, 0.25) is 0 Å². The molecule has 3 aromatic rings. The van der Waals surface area contributed by atoms with Gasteiger partial charge in [-0.3, -0.25) is 9.59 Å². The van der Waals surface area contributed by atoms with Crippen LogP contribution in [0.4, 0.5) is 10.1 Å². The van der Waals surface area contributed by atoms with E-state index >= 15 is 0 Å². The minimum Gasteiger partial charge on any atom is -0.388 e. The molecule has 42 heavy (non-hydrogen) atoms. The van der Waals surface area contributed by atoms with E-state index in [0.717, 1.165) is 47.3 Å². The molecule has 1 aliphatic carbocycles. The third-order valence-electron chi connectivity index (χ3n) is 7.24. The van der Waals surface area contributed by atoms with Crippen LogP contribution in [0.25, 0.3) is 11.1 Å². The predicted molar refractivity (Wildman–Crippen MR) is 176 cm³/mol. The van der Waals surface area contributed by atoms with Crippen molar-refractivity contribution < 1.29 is 14.0 Å². The quantitative estimate of drug-likeness (QED) is 0.134. The van der Waals surface area contributed by atoms with Crippen molar-refractivity contribution in [2.24, 2.45) is 5.92 Å². The average Bonchev–Trinajstić information content (AvgIpc) is 3.33. The Hall–Kier alpha value is -4.25. The first-order valence-corrected chi connectivity index (χ1v) is 14.7. The number of halogens is 1. The third kappa shape index (κ3) is 9.41. The average molecular weight is 569 g/mol. The van der Waals surface area contributed by atoms with Gasteiger partial charge >= 0.3 is 0 Å². The van der Waals surface area contributed by atoms with E-state index in [1.54, 1.807) is 6.08 Å². The number of aromatic nitrogens is 1. The van der Waals surface area contributed by atoms with Crippen molar-refractivity contribution in [3.8, 4) is 11.1 Å². The number of anilines is 1. The molecule has 5 heteroatoms. The Kier molecular flexibility index (Phi) is 14.7. The van der Waals surface area contributed by atoms with Crippen LogP contribution in [0.5, 0.6) is 0 Å². The molecule has 0 fully saturated rings. The second-order valence-corrected chi connectivity index (χ2v) is 9.85. The van der Waals surface area contributed by atoms with Crippen LogP contribution in [0.1, 0.15) is 67.2 Å². The summed E-state index contributed by atoms with van der Waals surface area (Å²) in [5, 5.41) is 3.03. The SMILES string of the molecule is C=CCC(CCn1c(C)c(C=O)c(-c2ccccc2)c1C1C=CC(F)=CC1)CC(=O)C=C.CC.CNc1ccccc1. The van der Waals surface area contributed by atoms with Gasteiger partial charge in [0.25, 0.3) is 0 Å². The fourth-order valence-corrected chi connectivity index (χ4v) is 5.13. The lowest BCUT2D eigenvalue weighted by molar-refractivity contribution is -0.115. The van der Waals surface area contributed by atoms with Gasteiger partial charge < -0.3 is 9.88 Å². The minimum atomic E-state index is -0.234. The highest BCUT2D eigenvalue weighted by Gasteiger charge is 2.27. The molecule has 1 N–H and O–H groups in total. The van der Waals surface area contributed by atoms with Gasteiger partial charge in [0, 0.05) is 54.1 Å². The predicted octanol–water partition coefficient (Wildman–Crippen LogP) is 9.66. The first-order valence-electron chi connectivity index (χ1n) is 14.7. The molecule has 0 saturated carbocycles. The van der Waals surface area contributed by atoms with Gasteiger partial charge in [-0.1, -0.05) is 81.1 Å². The number of nitrogens with one attached hydrogen (secondary N) is 1. The molecule has 1 heterocycles. The van der Waals surface area contributed by atoms with Gasteiger partial charge in [-0.05, 0) is 68.0 Å². The molecule has 1 aromatic heterocycles. The van der Waals surface area contributed by atoms with E-state index in [2.05, 4.69) is 23.0 Å². The molecule has 4 nitrogen and oxygen atoms in total. The Bertz CT molecular complexity index is 1350. The number of carbonyl (C=O) groups excluding carboxylic acids is 2. The lowest BCUT2D eigenvalue weighted by atomic mass is 9.90. The zero-order valence-corrected chi connectivity index (χ0v) is 25.5. The summed E-state index contributed by atoms with van der Waals surface area (Å²) in [6.45, 7) is 14.0. The second kappa shape index (κ2) is 18.2. The lowest BCUT2D eigenvalue weighted by Crippen LogP contribution is -2.14. The lowest BCUT2D eigenvalue weighted by Gasteiger charge is -2.22. The molecule has 222 valence electrons. The van der Waals surface area contributed by atoms with Crippen LogP contribution in [0.3, 0.4) is 0 Å². The zero-order valence-electron chi connectivity index (χ0n) is 25.5. The van der Waals surface area contributed by atoms with Crippen LogP contribution < -0.4 is 5.32 Å². The van der Waals surface area contributed by atoms with Crippen LogP contribution in [-0.2, 0) is 11.3 Å². The summed E-state index contributed by atoms with van der Waals surface area (Å²) in [4.78, 5) is 24.1. The van der Waals surface area contributed by atoms with Gasteiger partial charge in [-0.15, -0.1) is 6.58 Å². The van der Waals surface area contributed by atoms with Gasteiger partial charge in [-0.25, -0.2) is 4.39 Å². The number of hydrogen-bond donors (Lipinski definition) is 1.